The van der Waals surface area contributed by atoms with Gasteiger partial charge < -0.3 is 0 Å². The molecular weight excluding hydrogens is 256 g/mol. The highest BCUT2D eigenvalue weighted by atomic mass is 79.9. The normalized spacial score (nSPS) is 11.1. The highest BCUT2D eigenvalue weighted by molar-refractivity contribution is 9.10. The average molecular weight is 273 g/mol. The van der Waals surface area contributed by atoms with Crippen LogP contribution in [0.4, 0.5) is 0 Å². The average Bonchev–Trinajstić information content (AvgIpc) is 2.45. The first-order valence-corrected chi connectivity index (χ1v) is 6.01. The van der Waals surface area contributed by atoms with E-state index in [4.69, 9.17) is 0 Å². The second-order valence-electron chi connectivity index (χ2n) is 3.96. The van der Waals surface area contributed by atoms with E-state index < -0.39 is 0 Å². The highest BCUT2D eigenvalue weighted by Gasteiger charge is 2.16. The Labute approximate surface area is 99.0 Å². The van der Waals surface area contributed by atoms with Crippen molar-refractivity contribution in [2.75, 3.05) is 0 Å². The smallest absolute Gasteiger partial charge is 0.141 e. The molecule has 0 amide bonds. The zero-order valence-electron chi connectivity index (χ0n) is 9.67. The largest absolute Gasteiger partial charge is 0.299 e. The zero-order valence-corrected chi connectivity index (χ0v) is 11.3. The number of rotatable bonds is 4. The molecule has 84 valence electrons. The minimum atomic E-state index is 0.0809. The summed E-state index contributed by atoms with van der Waals surface area (Å²) in [4.78, 5) is 11.7. The molecule has 1 heterocycles. The fourth-order valence-corrected chi connectivity index (χ4v) is 1.83. The molecular formula is C11H17BrN2O. The van der Waals surface area contributed by atoms with Crippen LogP contribution in [0.15, 0.2) is 4.47 Å². The minimum Gasteiger partial charge on any atom is -0.299 e. The molecule has 1 aromatic rings. The van der Waals surface area contributed by atoms with Crippen LogP contribution in [0, 0.1) is 12.8 Å². The lowest BCUT2D eigenvalue weighted by Gasteiger charge is -2.06. The Balaban J connectivity index is 2.97. The predicted molar refractivity (Wildman–Crippen MR) is 63.9 cm³/mol. The molecule has 1 aromatic heterocycles. The second-order valence-corrected chi connectivity index (χ2v) is 4.75. The maximum atomic E-state index is 11.7. The number of hydrogen-bond acceptors (Lipinski definition) is 2. The van der Waals surface area contributed by atoms with Gasteiger partial charge in [-0.05, 0) is 29.8 Å². The molecule has 0 fully saturated rings. The van der Waals surface area contributed by atoms with E-state index in [1.165, 1.54) is 0 Å². The first kappa shape index (κ1) is 12.4. The monoisotopic (exact) mass is 272 g/mol. The van der Waals surface area contributed by atoms with Crippen LogP contribution in [0.1, 0.15) is 32.2 Å². The number of halogens is 1. The van der Waals surface area contributed by atoms with Crippen LogP contribution in [0.25, 0.3) is 0 Å². The molecule has 0 spiro atoms. The molecule has 4 heteroatoms. The Bertz CT molecular complexity index is 369. The maximum Gasteiger partial charge on any atom is 0.141 e. The van der Waals surface area contributed by atoms with Gasteiger partial charge in [0.2, 0.25) is 0 Å². The summed E-state index contributed by atoms with van der Waals surface area (Å²) < 4.78 is 2.86. The Hall–Kier alpha value is -0.640. The fraction of sp³-hybridized carbons (Fsp3) is 0.636. The minimum absolute atomic E-state index is 0.0809. The van der Waals surface area contributed by atoms with Crippen molar-refractivity contribution in [3.8, 4) is 0 Å². The van der Waals surface area contributed by atoms with Crippen molar-refractivity contribution < 1.29 is 4.79 Å². The SMILES string of the molecule is CCn1nc(C)c(Br)c1CC(=O)C(C)C. The van der Waals surface area contributed by atoms with Gasteiger partial charge in [-0.25, -0.2) is 0 Å². The quantitative estimate of drug-likeness (QED) is 0.845. The van der Waals surface area contributed by atoms with Gasteiger partial charge in [-0.2, -0.15) is 5.10 Å². The van der Waals surface area contributed by atoms with Crippen molar-refractivity contribution >= 4 is 21.7 Å². The van der Waals surface area contributed by atoms with E-state index in [2.05, 4.69) is 21.0 Å². The Morgan fingerprint density at radius 1 is 1.53 bits per heavy atom. The molecule has 0 radical (unpaired) electrons. The molecule has 0 bridgehead atoms. The third kappa shape index (κ3) is 2.68. The van der Waals surface area contributed by atoms with Gasteiger partial charge >= 0.3 is 0 Å². The number of hydrogen-bond donors (Lipinski definition) is 0. The lowest BCUT2D eigenvalue weighted by Crippen LogP contribution is -2.14. The lowest BCUT2D eigenvalue weighted by atomic mass is 10.0. The van der Waals surface area contributed by atoms with Gasteiger partial charge in [-0.15, -0.1) is 0 Å². The van der Waals surface area contributed by atoms with Crippen LogP contribution in [0.3, 0.4) is 0 Å². The summed E-state index contributed by atoms with van der Waals surface area (Å²) in [5.41, 5.74) is 1.94. The van der Waals surface area contributed by atoms with E-state index in [1.54, 1.807) is 0 Å². The number of nitrogens with zero attached hydrogens (tertiary/aromatic N) is 2. The summed E-state index contributed by atoms with van der Waals surface area (Å²) in [6, 6.07) is 0. The first-order valence-electron chi connectivity index (χ1n) is 5.21. The summed E-state index contributed by atoms with van der Waals surface area (Å²) in [6.07, 6.45) is 0.465. The summed E-state index contributed by atoms with van der Waals surface area (Å²) in [5, 5.41) is 4.36. The molecule has 0 aliphatic rings. The molecule has 0 N–H and O–H groups in total. The van der Waals surface area contributed by atoms with Gasteiger partial charge in [0.1, 0.15) is 5.78 Å². The topological polar surface area (TPSA) is 34.9 Å². The molecule has 0 unspecified atom stereocenters. The molecule has 0 aliphatic heterocycles. The van der Waals surface area contributed by atoms with Crippen molar-refractivity contribution in [1.29, 1.82) is 0 Å². The molecule has 0 atom stereocenters. The van der Waals surface area contributed by atoms with Crippen molar-refractivity contribution in [2.24, 2.45) is 5.92 Å². The Morgan fingerprint density at radius 3 is 2.60 bits per heavy atom. The Kier molecular flexibility index (Phi) is 4.08. The van der Waals surface area contributed by atoms with Crippen LogP contribution in [0.2, 0.25) is 0 Å². The Morgan fingerprint density at radius 2 is 2.13 bits per heavy atom. The van der Waals surface area contributed by atoms with Gasteiger partial charge in [-0.3, -0.25) is 9.48 Å². The van der Waals surface area contributed by atoms with E-state index >= 15 is 0 Å². The lowest BCUT2D eigenvalue weighted by molar-refractivity contribution is -0.121. The van der Waals surface area contributed by atoms with Crippen LogP contribution >= 0.6 is 15.9 Å². The predicted octanol–water partition coefficient (Wildman–Crippen LogP) is 2.74. The molecule has 0 aliphatic carbocycles. The van der Waals surface area contributed by atoms with Crippen LogP contribution in [-0.4, -0.2) is 15.6 Å². The number of Topliss-reactive ketones (excluding diaryl/α,β-unsaturated/α-hetero) is 1. The third-order valence-electron chi connectivity index (χ3n) is 2.44. The number of aromatic nitrogens is 2. The van der Waals surface area contributed by atoms with Crippen molar-refractivity contribution in [3.63, 3.8) is 0 Å². The number of aryl methyl sites for hydroxylation is 2. The van der Waals surface area contributed by atoms with Crippen molar-refractivity contribution in [3.05, 3.63) is 15.9 Å². The number of ketones is 1. The van der Waals surface area contributed by atoms with Gasteiger partial charge in [0.05, 0.1) is 15.9 Å². The van der Waals surface area contributed by atoms with Gasteiger partial charge in [0.25, 0.3) is 0 Å². The molecule has 3 nitrogen and oxygen atoms in total. The van der Waals surface area contributed by atoms with E-state index in [0.29, 0.717) is 6.42 Å². The van der Waals surface area contributed by atoms with E-state index in [9.17, 15) is 4.79 Å². The number of carbonyl (C=O) groups is 1. The third-order valence-corrected chi connectivity index (χ3v) is 3.47. The van der Waals surface area contributed by atoms with E-state index in [1.807, 2.05) is 32.4 Å². The standard InChI is InChI=1S/C11H17BrN2O/c1-5-14-9(6-10(15)7(2)3)11(12)8(4)13-14/h7H,5-6H2,1-4H3. The van der Waals surface area contributed by atoms with E-state index in [0.717, 1.165) is 22.4 Å². The maximum absolute atomic E-state index is 11.7. The van der Waals surface area contributed by atoms with E-state index in [-0.39, 0.29) is 11.7 Å². The molecule has 15 heavy (non-hydrogen) atoms. The van der Waals surface area contributed by atoms with Gasteiger partial charge in [-0.1, -0.05) is 13.8 Å². The first-order chi connectivity index (χ1) is 6.97. The van der Waals surface area contributed by atoms with Crippen LogP contribution < -0.4 is 0 Å². The summed E-state index contributed by atoms with van der Waals surface area (Å²) >= 11 is 3.48. The van der Waals surface area contributed by atoms with Crippen molar-refractivity contribution in [2.45, 2.75) is 40.7 Å². The fourth-order valence-electron chi connectivity index (χ4n) is 1.41. The summed E-state index contributed by atoms with van der Waals surface area (Å²) in [5.74, 6) is 0.336. The molecule has 0 aromatic carbocycles. The highest BCUT2D eigenvalue weighted by Crippen LogP contribution is 2.22. The number of carbonyl (C=O) groups excluding carboxylic acids is 1. The van der Waals surface area contributed by atoms with Gasteiger partial charge in [0, 0.05) is 18.9 Å². The van der Waals surface area contributed by atoms with Crippen LogP contribution in [0.5, 0.6) is 0 Å². The van der Waals surface area contributed by atoms with Crippen LogP contribution in [-0.2, 0) is 17.8 Å². The summed E-state index contributed by atoms with van der Waals surface area (Å²) in [6.45, 7) is 8.63. The summed E-state index contributed by atoms with van der Waals surface area (Å²) in [7, 11) is 0. The van der Waals surface area contributed by atoms with Gasteiger partial charge in [0.15, 0.2) is 0 Å². The second kappa shape index (κ2) is 4.92. The van der Waals surface area contributed by atoms with Crippen molar-refractivity contribution in [1.82, 2.24) is 9.78 Å². The molecule has 0 saturated heterocycles. The zero-order chi connectivity index (χ0) is 11.6. The molecule has 0 saturated carbocycles. The molecule has 1 rings (SSSR count).